The smallest absolute Gasteiger partial charge is 0.243 e. The van der Waals surface area contributed by atoms with Crippen LogP contribution in [0.4, 0.5) is 10.1 Å². The van der Waals surface area contributed by atoms with E-state index in [1.165, 1.54) is 36.0 Å². The van der Waals surface area contributed by atoms with E-state index in [1.807, 2.05) is 13.0 Å². The molecule has 0 aliphatic carbocycles. The van der Waals surface area contributed by atoms with Gasteiger partial charge in [-0.05, 0) is 79.8 Å². The molecule has 1 saturated heterocycles. The lowest BCUT2D eigenvalue weighted by Crippen LogP contribution is -2.37. The molecule has 9 heteroatoms. The van der Waals surface area contributed by atoms with Gasteiger partial charge in [-0.25, -0.2) is 17.8 Å². The quantitative estimate of drug-likeness (QED) is 0.504. The Kier molecular flexibility index (Phi) is 7.02. The van der Waals surface area contributed by atoms with Crippen molar-refractivity contribution < 1.29 is 17.6 Å². The fourth-order valence-electron chi connectivity index (χ4n) is 3.82. The van der Waals surface area contributed by atoms with Crippen LogP contribution < -0.4 is 5.32 Å². The molecule has 0 bridgehead atoms. The number of pyridine rings is 1. The maximum atomic E-state index is 13.1. The minimum atomic E-state index is -3.53. The number of piperidine rings is 1. The molecule has 2 heterocycles. The predicted molar refractivity (Wildman–Crippen MR) is 129 cm³/mol. The van der Waals surface area contributed by atoms with Gasteiger partial charge in [0.25, 0.3) is 0 Å². The molecule has 0 unspecified atom stereocenters. The molecule has 33 heavy (non-hydrogen) atoms. The summed E-state index contributed by atoms with van der Waals surface area (Å²) in [6.45, 7) is 5.16. The summed E-state index contributed by atoms with van der Waals surface area (Å²) in [6.07, 6.45) is 1.76. The van der Waals surface area contributed by atoms with Gasteiger partial charge in [-0.2, -0.15) is 4.31 Å². The van der Waals surface area contributed by atoms with Crippen LogP contribution in [0.15, 0.2) is 58.5 Å². The number of rotatable bonds is 6. The molecule has 174 valence electrons. The highest BCUT2D eigenvalue weighted by Crippen LogP contribution is 2.29. The van der Waals surface area contributed by atoms with Crippen molar-refractivity contribution in [1.82, 2.24) is 9.29 Å². The Bertz CT molecular complexity index is 1270. The van der Waals surface area contributed by atoms with Crippen molar-refractivity contribution in [1.29, 1.82) is 0 Å². The van der Waals surface area contributed by atoms with Gasteiger partial charge >= 0.3 is 0 Å². The first-order valence-corrected chi connectivity index (χ1v) is 13.2. The predicted octanol–water partition coefficient (Wildman–Crippen LogP) is 4.83. The highest BCUT2D eigenvalue weighted by atomic mass is 32.2. The summed E-state index contributed by atoms with van der Waals surface area (Å²) in [5.41, 5.74) is 2.11. The van der Waals surface area contributed by atoms with Gasteiger partial charge in [0, 0.05) is 24.2 Å². The lowest BCUT2D eigenvalue weighted by atomic mass is 10.0. The van der Waals surface area contributed by atoms with E-state index >= 15 is 0 Å². The standard InChI is InChI=1S/C24H26FN3O3S2/c1-16-9-11-28(12-10-16)33(30,31)20-7-8-22-21(14-20)17(2)13-24(27-22)32-15-23(29)26-19-5-3-18(25)4-6-19/h3-8,13-14,16H,9-12,15H2,1-2H3,(H,26,29). The Morgan fingerprint density at radius 1 is 1.15 bits per heavy atom. The fourth-order valence-corrected chi connectivity index (χ4v) is 6.09. The third-order valence-corrected chi connectivity index (χ3v) is 8.63. The molecule has 2 aromatic carbocycles. The SMILES string of the molecule is Cc1cc(SCC(=O)Nc2ccc(F)cc2)nc2ccc(S(=O)(=O)N3CCC(C)CC3)cc12. The number of carbonyl (C=O) groups excluding carboxylic acids is 1. The second-order valence-electron chi connectivity index (χ2n) is 8.39. The van der Waals surface area contributed by atoms with Crippen LogP contribution in [0, 0.1) is 18.7 Å². The number of nitrogens with zero attached hydrogens (tertiary/aromatic N) is 2. The summed E-state index contributed by atoms with van der Waals surface area (Å²) in [4.78, 5) is 17.1. The number of benzene rings is 2. The monoisotopic (exact) mass is 487 g/mol. The van der Waals surface area contributed by atoms with E-state index in [9.17, 15) is 17.6 Å². The number of carbonyl (C=O) groups is 1. The van der Waals surface area contributed by atoms with Crippen molar-refractivity contribution in [2.24, 2.45) is 5.92 Å². The van der Waals surface area contributed by atoms with Gasteiger partial charge in [-0.1, -0.05) is 18.7 Å². The second kappa shape index (κ2) is 9.79. The zero-order valence-electron chi connectivity index (χ0n) is 18.5. The van der Waals surface area contributed by atoms with E-state index in [4.69, 9.17) is 0 Å². The average Bonchev–Trinajstić information content (AvgIpc) is 2.79. The summed E-state index contributed by atoms with van der Waals surface area (Å²) >= 11 is 1.29. The van der Waals surface area contributed by atoms with Crippen molar-refractivity contribution in [3.05, 3.63) is 59.9 Å². The summed E-state index contributed by atoms with van der Waals surface area (Å²) in [5, 5.41) is 4.18. The van der Waals surface area contributed by atoms with E-state index in [1.54, 1.807) is 22.5 Å². The first-order chi connectivity index (χ1) is 15.7. The van der Waals surface area contributed by atoms with Crippen LogP contribution in [0.3, 0.4) is 0 Å². The highest BCUT2D eigenvalue weighted by molar-refractivity contribution is 7.99. The van der Waals surface area contributed by atoms with Gasteiger partial charge in [-0.3, -0.25) is 4.79 Å². The Morgan fingerprint density at radius 3 is 2.55 bits per heavy atom. The number of hydrogen-bond donors (Lipinski definition) is 1. The van der Waals surface area contributed by atoms with Crippen LogP contribution in [0.1, 0.15) is 25.3 Å². The normalized spacial score (nSPS) is 15.6. The Hall–Kier alpha value is -2.49. The van der Waals surface area contributed by atoms with Gasteiger partial charge in [0.05, 0.1) is 21.2 Å². The molecule has 1 aliphatic rings. The number of sulfonamides is 1. The molecule has 1 aliphatic heterocycles. The zero-order chi connectivity index (χ0) is 23.6. The number of nitrogens with one attached hydrogen (secondary N) is 1. The molecule has 0 saturated carbocycles. The fraction of sp³-hybridized carbons (Fsp3) is 0.333. The maximum absolute atomic E-state index is 13.1. The van der Waals surface area contributed by atoms with Crippen LogP contribution in [-0.4, -0.2) is 42.5 Å². The highest BCUT2D eigenvalue weighted by Gasteiger charge is 2.28. The third kappa shape index (κ3) is 5.54. The number of halogens is 1. The molecule has 1 amide bonds. The molecular formula is C24H26FN3O3S2. The summed E-state index contributed by atoms with van der Waals surface area (Å²) in [6, 6.07) is 12.5. The second-order valence-corrected chi connectivity index (χ2v) is 11.3. The van der Waals surface area contributed by atoms with Crippen molar-refractivity contribution in [3.63, 3.8) is 0 Å². The van der Waals surface area contributed by atoms with Crippen molar-refractivity contribution in [2.45, 2.75) is 36.6 Å². The number of aryl methyl sites for hydroxylation is 1. The Labute approximate surface area is 197 Å². The molecule has 1 fully saturated rings. The van der Waals surface area contributed by atoms with Crippen LogP contribution in [0.25, 0.3) is 10.9 Å². The molecule has 6 nitrogen and oxygen atoms in total. The van der Waals surface area contributed by atoms with Gasteiger partial charge < -0.3 is 5.32 Å². The largest absolute Gasteiger partial charge is 0.325 e. The average molecular weight is 488 g/mol. The lowest BCUT2D eigenvalue weighted by Gasteiger charge is -2.29. The van der Waals surface area contributed by atoms with E-state index < -0.39 is 10.0 Å². The van der Waals surface area contributed by atoms with Crippen molar-refractivity contribution in [2.75, 3.05) is 24.2 Å². The van der Waals surface area contributed by atoms with Crippen molar-refractivity contribution >= 4 is 44.3 Å². The van der Waals surface area contributed by atoms with E-state index in [0.717, 1.165) is 23.8 Å². The minimum Gasteiger partial charge on any atom is -0.325 e. The summed E-state index contributed by atoms with van der Waals surface area (Å²) in [5.74, 6) is 0.117. The number of aromatic nitrogens is 1. The molecule has 0 radical (unpaired) electrons. The zero-order valence-corrected chi connectivity index (χ0v) is 20.2. The number of fused-ring (bicyclic) bond motifs is 1. The molecule has 1 aromatic heterocycles. The maximum Gasteiger partial charge on any atom is 0.243 e. The molecule has 3 aromatic rings. The minimum absolute atomic E-state index is 0.148. The number of anilines is 1. The molecule has 0 atom stereocenters. The van der Waals surface area contributed by atoms with Crippen LogP contribution in [-0.2, 0) is 14.8 Å². The van der Waals surface area contributed by atoms with Gasteiger partial charge in [-0.15, -0.1) is 0 Å². The topological polar surface area (TPSA) is 79.4 Å². The number of hydrogen-bond acceptors (Lipinski definition) is 5. The third-order valence-electron chi connectivity index (χ3n) is 5.82. The van der Waals surface area contributed by atoms with Gasteiger partial charge in [0.1, 0.15) is 5.82 Å². The van der Waals surface area contributed by atoms with Crippen LogP contribution >= 0.6 is 11.8 Å². The summed E-state index contributed by atoms with van der Waals surface area (Å²) < 4.78 is 40.8. The van der Waals surface area contributed by atoms with Crippen molar-refractivity contribution in [3.8, 4) is 0 Å². The lowest BCUT2D eigenvalue weighted by molar-refractivity contribution is -0.113. The van der Waals surface area contributed by atoms with Gasteiger partial charge in [0.15, 0.2) is 0 Å². The molecule has 0 spiro atoms. The molecule has 4 rings (SSSR count). The summed E-state index contributed by atoms with van der Waals surface area (Å²) in [7, 11) is -3.53. The van der Waals surface area contributed by atoms with Crippen LogP contribution in [0.2, 0.25) is 0 Å². The molecular weight excluding hydrogens is 461 g/mol. The Morgan fingerprint density at radius 2 is 1.85 bits per heavy atom. The van der Waals surface area contributed by atoms with E-state index in [0.29, 0.717) is 35.2 Å². The first kappa shape index (κ1) is 23.7. The van der Waals surface area contributed by atoms with E-state index in [-0.39, 0.29) is 22.4 Å². The number of thioether (sulfide) groups is 1. The first-order valence-electron chi connectivity index (χ1n) is 10.8. The Balaban J connectivity index is 1.47. The number of amides is 1. The van der Waals surface area contributed by atoms with E-state index in [2.05, 4.69) is 17.2 Å². The van der Waals surface area contributed by atoms with Gasteiger partial charge in [0.2, 0.25) is 15.9 Å². The van der Waals surface area contributed by atoms with Crippen LogP contribution in [0.5, 0.6) is 0 Å². The molecule has 1 N–H and O–H groups in total.